The predicted molar refractivity (Wildman–Crippen MR) is 93.9 cm³/mol. The largest absolute Gasteiger partial charge is 0.394 e. The van der Waals surface area contributed by atoms with Crippen LogP contribution in [0.4, 0.5) is 0 Å². The molecule has 0 spiro atoms. The highest BCUT2D eigenvalue weighted by Gasteiger charge is 2.33. The van der Waals surface area contributed by atoms with E-state index in [0.717, 1.165) is 21.2 Å². The molecule has 3 rings (SSSR count). The van der Waals surface area contributed by atoms with Gasteiger partial charge in [0, 0.05) is 17.1 Å². The summed E-state index contributed by atoms with van der Waals surface area (Å²) in [5.74, 6) is 0.853. The van der Waals surface area contributed by atoms with Gasteiger partial charge in [-0.25, -0.2) is 0 Å². The third-order valence-electron chi connectivity index (χ3n) is 3.58. The Morgan fingerprint density at radius 2 is 2.05 bits per heavy atom. The standard InChI is InChI=1S/C16H16Br2N2O2/c17-12-8-13(18)16-19-14(11-4-2-1-3-5-11)9-15(20(16)10-12)22-7-6-21/h1-5,8,10,14-15,21H,6-7,9H2. The fraction of sp³-hybridized carbons (Fsp3) is 0.312. The van der Waals surface area contributed by atoms with Gasteiger partial charge in [-0.2, -0.15) is 0 Å². The number of allylic oxidation sites excluding steroid dienone is 2. The molecule has 0 amide bonds. The molecule has 2 unspecified atom stereocenters. The van der Waals surface area contributed by atoms with E-state index in [1.807, 2.05) is 35.4 Å². The van der Waals surface area contributed by atoms with Crippen LogP contribution in [0, 0.1) is 0 Å². The number of halogens is 2. The van der Waals surface area contributed by atoms with Gasteiger partial charge in [0.2, 0.25) is 0 Å². The topological polar surface area (TPSA) is 45.1 Å². The van der Waals surface area contributed by atoms with E-state index in [1.165, 1.54) is 5.56 Å². The van der Waals surface area contributed by atoms with Gasteiger partial charge in [0.25, 0.3) is 0 Å². The molecule has 2 aliphatic heterocycles. The number of aliphatic hydroxyl groups is 1. The molecule has 0 fully saturated rings. The van der Waals surface area contributed by atoms with Gasteiger partial charge < -0.3 is 14.7 Å². The number of rotatable bonds is 4. The molecule has 0 saturated carbocycles. The maximum absolute atomic E-state index is 9.06. The maximum atomic E-state index is 9.06. The second kappa shape index (κ2) is 7.08. The van der Waals surface area contributed by atoms with Crippen molar-refractivity contribution in [2.45, 2.75) is 18.7 Å². The number of aliphatic hydroxyl groups excluding tert-OH is 1. The number of ether oxygens (including phenoxy) is 1. The van der Waals surface area contributed by atoms with Crippen molar-refractivity contribution in [3.63, 3.8) is 0 Å². The minimum Gasteiger partial charge on any atom is -0.394 e. The van der Waals surface area contributed by atoms with Crippen molar-refractivity contribution < 1.29 is 9.84 Å². The van der Waals surface area contributed by atoms with E-state index in [9.17, 15) is 0 Å². The first-order chi connectivity index (χ1) is 10.7. The molecule has 0 saturated heterocycles. The van der Waals surface area contributed by atoms with E-state index in [-0.39, 0.29) is 18.9 Å². The summed E-state index contributed by atoms with van der Waals surface area (Å²) in [5.41, 5.74) is 1.17. The van der Waals surface area contributed by atoms with Gasteiger partial charge in [-0.3, -0.25) is 4.99 Å². The molecule has 1 aromatic rings. The zero-order chi connectivity index (χ0) is 15.5. The monoisotopic (exact) mass is 426 g/mol. The van der Waals surface area contributed by atoms with Crippen LogP contribution in [0.2, 0.25) is 0 Å². The molecule has 6 heteroatoms. The zero-order valence-corrected chi connectivity index (χ0v) is 15.0. The van der Waals surface area contributed by atoms with E-state index < -0.39 is 0 Å². The number of aliphatic imine (C=N–C) groups is 1. The van der Waals surface area contributed by atoms with Gasteiger partial charge in [0.15, 0.2) is 0 Å². The number of amidine groups is 1. The molecule has 2 aliphatic rings. The lowest BCUT2D eigenvalue weighted by atomic mass is 10.0. The van der Waals surface area contributed by atoms with Crippen molar-refractivity contribution in [2.75, 3.05) is 13.2 Å². The van der Waals surface area contributed by atoms with Crippen LogP contribution in [0.3, 0.4) is 0 Å². The lowest BCUT2D eigenvalue weighted by Crippen LogP contribution is -2.44. The highest BCUT2D eigenvalue weighted by Crippen LogP contribution is 2.36. The van der Waals surface area contributed by atoms with Gasteiger partial charge >= 0.3 is 0 Å². The quantitative estimate of drug-likeness (QED) is 0.796. The predicted octanol–water partition coefficient (Wildman–Crippen LogP) is 3.70. The van der Waals surface area contributed by atoms with Crippen LogP contribution in [0.5, 0.6) is 0 Å². The highest BCUT2D eigenvalue weighted by atomic mass is 79.9. The van der Waals surface area contributed by atoms with Crippen LogP contribution in [-0.4, -0.2) is 35.3 Å². The van der Waals surface area contributed by atoms with Crippen LogP contribution in [-0.2, 0) is 4.74 Å². The Morgan fingerprint density at radius 3 is 2.77 bits per heavy atom. The Balaban J connectivity index is 1.95. The molecule has 2 atom stereocenters. The molecule has 0 aromatic heterocycles. The second-order valence-corrected chi connectivity index (χ2v) is 6.85. The zero-order valence-electron chi connectivity index (χ0n) is 11.8. The highest BCUT2D eigenvalue weighted by molar-refractivity contribution is 9.12. The van der Waals surface area contributed by atoms with Crippen molar-refractivity contribution in [1.29, 1.82) is 0 Å². The van der Waals surface area contributed by atoms with Gasteiger partial charge in [0.05, 0.1) is 23.7 Å². The number of benzene rings is 1. The van der Waals surface area contributed by atoms with E-state index >= 15 is 0 Å². The summed E-state index contributed by atoms with van der Waals surface area (Å²) in [7, 11) is 0. The Morgan fingerprint density at radius 1 is 1.27 bits per heavy atom. The van der Waals surface area contributed by atoms with Gasteiger partial charge in [0.1, 0.15) is 12.1 Å². The molecular weight excluding hydrogens is 412 g/mol. The Hall–Kier alpha value is -0.950. The second-order valence-electron chi connectivity index (χ2n) is 5.08. The first-order valence-electron chi connectivity index (χ1n) is 7.07. The lowest BCUT2D eigenvalue weighted by Gasteiger charge is -2.39. The number of hydrogen-bond donors (Lipinski definition) is 1. The molecule has 2 heterocycles. The van der Waals surface area contributed by atoms with Crippen molar-refractivity contribution in [3.8, 4) is 0 Å². The molecule has 1 aromatic carbocycles. The van der Waals surface area contributed by atoms with E-state index in [4.69, 9.17) is 14.8 Å². The number of hydrogen-bond acceptors (Lipinski definition) is 4. The molecule has 4 nitrogen and oxygen atoms in total. The fourth-order valence-corrected chi connectivity index (χ4v) is 3.93. The summed E-state index contributed by atoms with van der Waals surface area (Å²) in [5, 5.41) is 9.06. The summed E-state index contributed by atoms with van der Waals surface area (Å²) >= 11 is 7.08. The summed E-state index contributed by atoms with van der Waals surface area (Å²) in [6.07, 6.45) is 4.53. The van der Waals surface area contributed by atoms with Crippen LogP contribution < -0.4 is 0 Å². The normalized spacial score (nSPS) is 24.3. The third-order valence-corrected chi connectivity index (χ3v) is 4.60. The minimum atomic E-state index is -0.154. The third kappa shape index (κ3) is 3.35. The van der Waals surface area contributed by atoms with Gasteiger partial charge in [-0.15, -0.1) is 0 Å². The summed E-state index contributed by atoms with van der Waals surface area (Å²) in [4.78, 5) is 6.87. The van der Waals surface area contributed by atoms with Crippen LogP contribution in [0.15, 0.2) is 56.6 Å². The average molecular weight is 428 g/mol. The van der Waals surface area contributed by atoms with Crippen LogP contribution in [0.25, 0.3) is 0 Å². The van der Waals surface area contributed by atoms with Crippen molar-refractivity contribution in [2.24, 2.45) is 4.99 Å². The Bertz CT molecular complexity index is 628. The molecule has 1 N–H and O–H groups in total. The minimum absolute atomic E-state index is 0.00864. The molecular formula is C16H16Br2N2O2. The van der Waals surface area contributed by atoms with Gasteiger partial charge in [-0.05, 0) is 43.5 Å². The van der Waals surface area contributed by atoms with E-state index in [2.05, 4.69) is 44.0 Å². The Labute approximate surface area is 146 Å². The fourth-order valence-electron chi connectivity index (χ4n) is 2.62. The number of nitrogens with zero attached hydrogens (tertiary/aromatic N) is 2. The molecule has 0 aliphatic carbocycles. The van der Waals surface area contributed by atoms with Crippen LogP contribution >= 0.6 is 31.9 Å². The van der Waals surface area contributed by atoms with Crippen LogP contribution in [0.1, 0.15) is 18.0 Å². The number of fused-ring (bicyclic) bond motifs is 1. The smallest absolute Gasteiger partial charge is 0.144 e. The first-order valence-corrected chi connectivity index (χ1v) is 8.66. The Kier molecular flexibility index (Phi) is 5.13. The molecule has 116 valence electrons. The van der Waals surface area contributed by atoms with Gasteiger partial charge in [-0.1, -0.05) is 30.3 Å². The summed E-state index contributed by atoms with van der Waals surface area (Å²) < 4.78 is 7.70. The first kappa shape index (κ1) is 15.9. The van der Waals surface area contributed by atoms with E-state index in [0.29, 0.717) is 6.61 Å². The van der Waals surface area contributed by atoms with Crippen molar-refractivity contribution >= 4 is 37.7 Å². The average Bonchev–Trinajstić information content (AvgIpc) is 2.53. The summed E-state index contributed by atoms with van der Waals surface area (Å²) in [6.45, 7) is 0.317. The van der Waals surface area contributed by atoms with Crippen molar-refractivity contribution in [1.82, 2.24) is 4.90 Å². The molecule has 0 bridgehead atoms. The van der Waals surface area contributed by atoms with Crippen molar-refractivity contribution in [3.05, 3.63) is 57.1 Å². The maximum Gasteiger partial charge on any atom is 0.144 e. The molecule has 22 heavy (non-hydrogen) atoms. The summed E-state index contributed by atoms with van der Waals surface area (Å²) in [6, 6.07) is 10.3. The SMILES string of the molecule is OCCOC1CC(c2ccccc2)N=C2C(Br)=CC(Br)=CN21. The lowest BCUT2D eigenvalue weighted by molar-refractivity contribution is -0.0365. The molecule has 0 radical (unpaired) electrons. The van der Waals surface area contributed by atoms with E-state index in [1.54, 1.807) is 0 Å².